The number of ether oxygens (including phenoxy) is 1. The number of carbonyl (C=O) groups excluding carboxylic acids is 3. The number of benzene rings is 3. The molecule has 0 radical (unpaired) electrons. The molecule has 2 heterocycles. The van der Waals surface area contributed by atoms with E-state index in [0.717, 1.165) is 22.3 Å². The molecule has 0 unspecified atom stereocenters. The molecule has 0 aromatic heterocycles. The van der Waals surface area contributed by atoms with Crippen LogP contribution in [0.15, 0.2) is 102 Å². The summed E-state index contributed by atoms with van der Waals surface area (Å²) in [7, 11) is 0. The average molecular weight is 545 g/mol. The molecular formula is C30H28N2O4S2. The first-order valence-corrected chi connectivity index (χ1v) is 14.8. The van der Waals surface area contributed by atoms with Gasteiger partial charge in [0.25, 0.3) is 5.91 Å². The second-order valence-corrected chi connectivity index (χ2v) is 11.1. The van der Waals surface area contributed by atoms with E-state index in [9.17, 15) is 14.4 Å². The highest BCUT2D eigenvalue weighted by molar-refractivity contribution is 8.00. The second kappa shape index (κ2) is 11.9. The molecule has 3 aromatic carbocycles. The van der Waals surface area contributed by atoms with Crippen molar-refractivity contribution in [2.24, 2.45) is 0 Å². The Labute approximate surface area is 230 Å². The maximum atomic E-state index is 13.8. The molecule has 2 amide bonds. The van der Waals surface area contributed by atoms with Crippen molar-refractivity contribution >= 4 is 41.3 Å². The predicted molar refractivity (Wildman–Crippen MR) is 151 cm³/mol. The topological polar surface area (TPSA) is 75.7 Å². The van der Waals surface area contributed by atoms with E-state index >= 15 is 0 Å². The summed E-state index contributed by atoms with van der Waals surface area (Å²) in [5.74, 6) is 0.169. The Balaban J connectivity index is 1.36. The summed E-state index contributed by atoms with van der Waals surface area (Å²) < 4.78 is 6.14. The molecule has 1 saturated heterocycles. The number of nitrogens with zero attached hydrogens (tertiary/aromatic N) is 1. The van der Waals surface area contributed by atoms with Crippen LogP contribution >= 0.6 is 23.5 Å². The molecule has 2 aliphatic heterocycles. The normalized spacial score (nSPS) is 18.6. The van der Waals surface area contributed by atoms with Crippen LogP contribution in [0, 0.1) is 0 Å². The summed E-state index contributed by atoms with van der Waals surface area (Å²) >= 11 is 3.16. The Kier molecular flexibility index (Phi) is 8.20. The third-order valence-corrected chi connectivity index (χ3v) is 8.49. The van der Waals surface area contributed by atoms with E-state index in [1.807, 2.05) is 97.3 Å². The van der Waals surface area contributed by atoms with E-state index in [0.29, 0.717) is 17.2 Å². The third kappa shape index (κ3) is 5.51. The highest BCUT2D eigenvalue weighted by atomic mass is 32.2. The van der Waals surface area contributed by atoms with Crippen LogP contribution in [0.4, 0.5) is 0 Å². The van der Waals surface area contributed by atoms with Crippen LogP contribution in [-0.2, 0) is 25.5 Å². The Morgan fingerprint density at radius 3 is 2.13 bits per heavy atom. The van der Waals surface area contributed by atoms with E-state index in [1.54, 1.807) is 23.5 Å². The van der Waals surface area contributed by atoms with Gasteiger partial charge in [0.1, 0.15) is 17.1 Å². The lowest BCUT2D eigenvalue weighted by atomic mass is 10.0. The molecule has 1 N–H and O–H groups in total. The van der Waals surface area contributed by atoms with Gasteiger partial charge in [-0.1, -0.05) is 91.0 Å². The molecule has 0 spiro atoms. The minimum absolute atomic E-state index is 0.195. The minimum Gasteiger partial charge on any atom is -0.448 e. The van der Waals surface area contributed by atoms with Crippen LogP contribution in [0.1, 0.15) is 22.8 Å². The molecule has 6 nitrogen and oxygen atoms in total. The van der Waals surface area contributed by atoms with Gasteiger partial charge in [0.2, 0.25) is 5.91 Å². The van der Waals surface area contributed by atoms with Gasteiger partial charge in [0.15, 0.2) is 6.10 Å². The smallest absolute Gasteiger partial charge is 0.356 e. The van der Waals surface area contributed by atoms with Gasteiger partial charge in [-0.25, -0.2) is 4.79 Å². The molecule has 38 heavy (non-hydrogen) atoms. The van der Waals surface area contributed by atoms with Crippen LogP contribution in [0.3, 0.4) is 0 Å². The van der Waals surface area contributed by atoms with Gasteiger partial charge in [-0.05, 0) is 28.5 Å². The number of fused-ring (bicyclic) bond motifs is 1. The van der Waals surface area contributed by atoms with E-state index < -0.39 is 18.1 Å². The highest BCUT2D eigenvalue weighted by Crippen LogP contribution is 2.42. The van der Waals surface area contributed by atoms with Crippen LogP contribution < -0.4 is 5.32 Å². The summed E-state index contributed by atoms with van der Waals surface area (Å²) in [5, 5.41) is 2.54. The molecule has 8 heteroatoms. The fourth-order valence-electron chi connectivity index (χ4n) is 4.71. The Morgan fingerprint density at radius 1 is 0.974 bits per heavy atom. The number of hydrogen-bond donors (Lipinski definition) is 1. The molecular weight excluding hydrogens is 516 g/mol. The van der Waals surface area contributed by atoms with Gasteiger partial charge in [0, 0.05) is 11.5 Å². The summed E-state index contributed by atoms with van der Waals surface area (Å²) in [5.41, 5.74) is 3.75. The number of nitrogens with one attached hydrogen (secondary N) is 1. The molecule has 0 bridgehead atoms. The zero-order valence-electron chi connectivity index (χ0n) is 20.9. The summed E-state index contributed by atoms with van der Waals surface area (Å²) in [6.07, 6.45) is 1.55. The number of rotatable bonds is 9. The van der Waals surface area contributed by atoms with Crippen molar-refractivity contribution in [1.82, 2.24) is 10.2 Å². The molecule has 1 fully saturated rings. The lowest BCUT2D eigenvalue weighted by Gasteiger charge is -2.49. The molecule has 2 aliphatic rings. The lowest BCUT2D eigenvalue weighted by Crippen LogP contribution is -2.70. The number of esters is 1. The van der Waals surface area contributed by atoms with Crippen LogP contribution in [0.5, 0.6) is 0 Å². The number of amides is 2. The highest BCUT2D eigenvalue weighted by Gasteiger charge is 2.54. The molecule has 2 atom stereocenters. The first kappa shape index (κ1) is 26.1. The summed E-state index contributed by atoms with van der Waals surface area (Å²) in [6.45, 7) is 0. The van der Waals surface area contributed by atoms with Gasteiger partial charge >= 0.3 is 5.97 Å². The van der Waals surface area contributed by atoms with E-state index in [4.69, 9.17) is 4.74 Å². The zero-order chi connectivity index (χ0) is 26.5. The largest absolute Gasteiger partial charge is 0.448 e. The SMILES string of the molecule is CSCC1=C(C(=O)OC(c2ccccc2)c2ccccc2)N2C(=O)[C@@H](NC(=O)Cc3ccccc3)[C@@H]2SC1. The third-order valence-electron chi connectivity index (χ3n) is 6.51. The Hall–Kier alpha value is -3.49. The van der Waals surface area contributed by atoms with Crippen molar-refractivity contribution < 1.29 is 19.1 Å². The zero-order valence-corrected chi connectivity index (χ0v) is 22.5. The summed E-state index contributed by atoms with van der Waals surface area (Å²) in [4.78, 5) is 41.3. The maximum absolute atomic E-state index is 13.8. The first-order valence-electron chi connectivity index (χ1n) is 12.4. The van der Waals surface area contributed by atoms with E-state index in [2.05, 4.69) is 5.32 Å². The fourth-order valence-corrected chi connectivity index (χ4v) is 6.77. The van der Waals surface area contributed by atoms with Gasteiger partial charge in [-0.2, -0.15) is 11.8 Å². The lowest BCUT2D eigenvalue weighted by molar-refractivity contribution is -0.154. The number of hydrogen-bond acceptors (Lipinski definition) is 6. The van der Waals surface area contributed by atoms with Gasteiger partial charge in [-0.15, -0.1) is 11.8 Å². The maximum Gasteiger partial charge on any atom is 0.356 e. The van der Waals surface area contributed by atoms with Gasteiger partial charge < -0.3 is 10.1 Å². The number of thioether (sulfide) groups is 2. The van der Waals surface area contributed by atoms with Crippen LogP contribution in [-0.4, -0.2) is 51.9 Å². The van der Waals surface area contributed by atoms with Crippen molar-refractivity contribution in [2.45, 2.75) is 23.9 Å². The van der Waals surface area contributed by atoms with Crippen molar-refractivity contribution in [2.75, 3.05) is 17.8 Å². The van der Waals surface area contributed by atoms with Crippen molar-refractivity contribution in [3.8, 4) is 0 Å². The van der Waals surface area contributed by atoms with Gasteiger partial charge in [-0.3, -0.25) is 14.5 Å². The fraction of sp³-hybridized carbons (Fsp3) is 0.233. The molecule has 5 rings (SSSR count). The van der Waals surface area contributed by atoms with Crippen LogP contribution in [0.25, 0.3) is 0 Å². The molecule has 3 aromatic rings. The average Bonchev–Trinajstić information content (AvgIpc) is 2.96. The molecule has 0 saturated carbocycles. The molecule has 194 valence electrons. The molecule has 0 aliphatic carbocycles. The minimum atomic E-state index is -0.672. The Morgan fingerprint density at radius 2 is 1.55 bits per heavy atom. The van der Waals surface area contributed by atoms with Crippen molar-refractivity contribution in [3.63, 3.8) is 0 Å². The van der Waals surface area contributed by atoms with Gasteiger partial charge in [0.05, 0.1) is 6.42 Å². The quantitative estimate of drug-likeness (QED) is 0.314. The number of β-lactam (4-membered cyclic amide) rings is 1. The monoisotopic (exact) mass is 544 g/mol. The second-order valence-electron chi connectivity index (χ2n) is 9.11. The standard InChI is InChI=1S/C30H28N2O4S2/c1-37-18-23-19-38-29-25(31-24(33)17-20-11-5-2-6-12-20)28(34)32(29)26(23)30(35)36-27(21-13-7-3-8-14-21)22-15-9-4-10-16-22/h2-16,25,27,29H,17-19H2,1H3,(H,31,33)/t25-,29+/m1/s1. The van der Waals surface area contributed by atoms with E-state index in [-0.39, 0.29) is 23.6 Å². The number of carbonyl (C=O) groups is 3. The predicted octanol–water partition coefficient (Wildman–Crippen LogP) is 4.58. The van der Waals surface area contributed by atoms with Crippen LogP contribution in [0.2, 0.25) is 0 Å². The van der Waals surface area contributed by atoms with Crippen molar-refractivity contribution in [3.05, 3.63) is 119 Å². The van der Waals surface area contributed by atoms with Crippen molar-refractivity contribution in [1.29, 1.82) is 0 Å². The Bertz CT molecular complexity index is 1290. The summed E-state index contributed by atoms with van der Waals surface area (Å²) in [6, 6.07) is 27.9. The van der Waals surface area contributed by atoms with E-state index in [1.165, 1.54) is 4.90 Å². The first-order chi connectivity index (χ1) is 18.6.